The van der Waals surface area contributed by atoms with Crippen molar-refractivity contribution >= 4 is 23.5 Å². The van der Waals surface area contributed by atoms with Gasteiger partial charge in [0.25, 0.3) is 0 Å². The average Bonchev–Trinajstić information content (AvgIpc) is 3.39. The summed E-state index contributed by atoms with van der Waals surface area (Å²) in [5, 5.41) is 0. The first kappa shape index (κ1) is 17.9. The smallest absolute Gasteiger partial charge is 0.343 e. The number of esters is 1. The maximum absolute atomic E-state index is 13.0. The summed E-state index contributed by atoms with van der Waals surface area (Å²) in [6.45, 7) is 3.85. The van der Waals surface area contributed by atoms with Gasteiger partial charge in [-0.1, -0.05) is 30.4 Å². The number of aryl methyl sites for hydroxylation is 1. The Kier molecular flexibility index (Phi) is 3.95. The van der Waals surface area contributed by atoms with Gasteiger partial charge in [0, 0.05) is 0 Å². The van der Waals surface area contributed by atoms with Crippen LogP contribution >= 0.6 is 0 Å². The van der Waals surface area contributed by atoms with Crippen LogP contribution in [0, 0.1) is 37.5 Å². The molecule has 0 unspecified atom stereocenters. The van der Waals surface area contributed by atoms with Gasteiger partial charge in [-0.25, -0.2) is 9.69 Å². The summed E-state index contributed by atoms with van der Waals surface area (Å²) in [7, 11) is 0. The van der Waals surface area contributed by atoms with Crippen LogP contribution in [0.1, 0.15) is 27.9 Å². The highest BCUT2D eigenvalue weighted by atomic mass is 16.5. The van der Waals surface area contributed by atoms with E-state index in [0.717, 1.165) is 17.5 Å². The molecular weight excluding hydrogens is 366 g/mol. The van der Waals surface area contributed by atoms with Gasteiger partial charge in [-0.2, -0.15) is 0 Å². The Bertz CT molecular complexity index is 1060. The molecule has 2 aromatic carbocycles. The summed E-state index contributed by atoms with van der Waals surface area (Å²) in [5.74, 6) is -0.528. The number of fused-ring (bicyclic) bond motifs is 5. The second-order valence-electron chi connectivity index (χ2n) is 8.15. The van der Waals surface area contributed by atoms with Crippen molar-refractivity contribution in [2.45, 2.75) is 20.3 Å². The van der Waals surface area contributed by atoms with E-state index < -0.39 is 5.97 Å². The predicted molar refractivity (Wildman–Crippen MR) is 108 cm³/mol. The summed E-state index contributed by atoms with van der Waals surface area (Å²) in [4.78, 5) is 40.0. The van der Waals surface area contributed by atoms with Crippen molar-refractivity contribution in [3.05, 3.63) is 71.3 Å². The summed E-state index contributed by atoms with van der Waals surface area (Å²) in [5.41, 5.74) is 2.68. The van der Waals surface area contributed by atoms with Crippen LogP contribution in [0.15, 0.2) is 54.6 Å². The molecule has 146 valence electrons. The Hall–Kier alpha value is -3.21. The molecule has 1 saturated carbocycles. The number of anilines is 1. The molecule has 1 aliphatic heterocycles. The lowest BCUT2D eigenvalue weighted by Gasteiger charge is -2.18. The zero-order valence-electron chi connectivity index (χ0n) is 16.3. The Morgan fingerprint density at radius 2 is 1.62 bits per heavy atom. The zero-order valence-corrected chi connectivity index (χ0v) is 16.3. The molecule has 2 bridgehead atoms. The topological polar surface area (TPSA) is 63.7 Å². The van der Waals surface area contributed by atoms with E-state index in [2.05, 4.69) is 12.2 Å². The maximum atomic E-state index is 13.0. The minimum absolute atomic E-state index is 0.156. The van der Waals surface area contributed by atoms with Crippen LogP contribution in [0.25, 0.3) is 0 Å². The van der Waals surface area contributed by atoms with Crippen LogP contribution < -0.4 is 9.64 Å². The van der Waals surface area contributed by atoms with E-state index in [9.17, 15) is 14.4 Å². The van der Waals surface area contributed by atoms with E-state index in [1.54, 1.807) is 30.3 Å². The summed E-state index contributed by atoms with van der Waals surface area (Å²) < 4.78 is 5.56. The number of benzene rings is 2. The Morgan fingerprint density at radius 3 is 2.31 bits per heavy atom. The highest BCUT2D eigenvalue weighted by Crippen LogP contribution is 2.53. The van der Waals surface area contributed by atoms with Crippen LogP contribution in [0.3, 0.4) is 0 Å². The van der Waals surface area contributed by atoms with Gasteiger partial charge in [0.15, 0.2) is 0 Å². The molecule has 5 nitrogen and oxygen atoms in total. The molecule has 2 aliphatic carbocycles. The molecule has 4 atom stereocenters. The van der Waals surface area contributed by atoms with Crippen molar-refractivity contribution in [2.24, 2.45) is 23.7 Å². The number of carbonyl (C=O) groups excluding carboxylic acids is 3. The molecular formula is C24H21NO4. The third-order valence-electron chi connectivity index (χ3n) is 6.57. The number of hydrogen-bond acceptors (Lipinski definition) is 4. The monoisotopic (exact) mass is 387 g/mol. The van der Waals surface area contributed by atoms with Crippen LogP contribution in [0.2, 0.25) is 0 Å². The van der Waals surface area contributed by atoms with Crippen LogP contribution in [0.4, 0.5) is 5.69 Å². The van der Waals surface area contributed by atoms with Gasteiger partial charge in [-0.3, -0.25) is 9.59 Å². The number of hydrogen-bond donors (Lipinski definition) is 0. The second-order valence-corrected chi connectivity index (χ2v) is 8.15. The zero-order chi connectivity index (χ0) is 20.3. The normalized spacial score (nSPS) is 26.9. The first-order valence-electron chi connectivity index (χ1n) is 9.90. The van der Waals surface area contributed by atoms with Crippen molar-refractivity contribution in [3.8, 4) is 5.75 Å². The van der Waals surface area contributed by atoms with Gasteiger partial charge in [-0.15, -0.1) is 0 Å². The van der Waals surface area contributed by atoms with Crippen LogP contribution in [-0.4, -0.2) is 17.8 Å². The van der Waals surface area contributed by atoms with Gasteiger partial charge in [0.2, 0.25) is 11.8 Å². The molecule has 29 heavy (non-hydrogen) atoms. The first-order valence-corrected chi connectivity index (χ1v) is 9.90. The number of nitrogens with zero attached hydrogens (tertiary/aromatic N) is 1. The third-order valence-corrected chi connectivity index (χ3v) is 6.57. The molecule has 1 heterocycles. The van der Waals surface area contributed by atoms with E-state index in [1.165, 1.54) is 4.90 Å². The van der Waals surface area contributed by atoms with Crippen molar-refractivity contribution in [3.63, 3.8) is 0 Å². The molecule has 5 rings (SSSR count). The quantitative estimate of drug-likeness (QED) is 0.347. The number of amides is 2. The molecule has 2 aromatic rings. The van der Waals surface area contributed by atoms with Gasteiger partial charge in [-0.05, 0) is 67.5 Å². The fourth-order valence-corrected chi connectivity index (χ4v) is 4.92. The summed E-state index contributed by atoms with van der Waals surface area (Å²) in [6.07, 6.45) is 5.03. The number of imide groups is 1. The molecule has 0 N–H and O–H groups in total. The van der Waals surface area contributed by atoms with Gasteiger partial charge >= 0.3 is 5.97 Å². The summed E-state index contributed by atoms with van der Waals surface area (Å²) >= 11 is 0. The van der Waals surface area contributed by atoms with E-state index >= 15 is 0 Å². The Labute approximate surface area is 169 Å². The van der Waals surface area contributed by atoms with Crippen molar-refractivity contribution < 1.29 is 19.1 Å². The Balaban J connectivity index is 1.42. The van der Waals surface area contributed by atoms with Crippen LogP contribution in [-0.2, 0) is 9.59 Å². The fourth-order valence-electron chi connectivity index (χ4n) is 4.92. The van der Waals surface area contributed by atoms with E-state index in [0.29, 0.717) is 17.0 Å². The summed E-state index contributed by atoms with van der Waals surface area (Å²) in [6, 6.07) is 12.1. The van der Waals surface area contributed by atoms with Gasteiger partial charge in [0.1, 0.15) is 5.75 Å². The van der Waals surface area contributed by atoms with E-state index in [1.807, 2.05) is 26.0 Å². The predicted octanol–water partition coefficient (Wildman–Crippen LogP) is 3.83. The molecule has 5 heteroatoms. The third kappa shape index (κ3) is 2.64. The molecule has 3 aliphatic rings. The number of carbonyl (C=O) groups is 3. The van der Waals surface area contributed by atoms with Crippen molar-refractivity contribution in [2.75, 3.05) is 4.90 Å². The molecule has 0 spiro atoms. The molecule has 1 saturated heterocycles. The van der Waals surface area contributed by atoms with E-state index in [4.69, 9.17) is 4.74 Å². The fraction of sp³-hybridized carbons (Fsp3) is 0.292. The van der Waals surface area contributed by atoms with Crippen LogP contribution in [0.5, 0.6) is 5.75 Å². The molecule has 2 fully saturated rings. The Morgan fingerprint density at radius 1 is 0.966 bits per heavy atom. The molecule has 0 radical (unpaired) electrons. The molecule has 2 amide bonds. The number of ether oxygens (including phenoxy) is 1. The number of rotatable bonds is 3. The van der Waals surface area contributed by atoms with Crippen molar-refractivity contribution in [1.82, 2.24) is 0 Å². The van der Waals surface area contributed by atoms with Gasteiger partial charge in [0.05, 0.1) is 23.1 Å². The SMILES string of the molecule is Cc1cccc(OC(=O)c2cccc(N3C(=O)[C@@H]4[C@H](C3=O)[C@@H]3C=C[C@@H]4C3)c2)c1C. The van der Waals surface area contributed by atoms with Crippen molar-refractivity contribution in [1.29, 1.82) is 0 Å². The highest BCUT2D eigenvalue weighted by Gasteiger charge is 2.59. The highest BCUT2D eigenvalue weighted by molar-refractivity contribution is 6.23. The first-order chi connectivity index (χ1) is 14.0. The number of allylic oxidation sites excluding steroid dienone is 2. The average molecular weight is 387 g/mol. The second kappa shape index (κ2) is 6.41. The molecule has 0 aromatic heterocycles. The van der Waals surface area contributed by atoms with Gasteiger partial charge < -0.3 is 4.74 Å². The lowest BCUT2D eigenvalue weighted by molar-refractivity contribution is -0.123. The minimum atomic E-state index is -0.512. The maximum Gasteiger partial charge on any atom is 0.343 e. The van der Waals surface area contributed by atoms with E-state index in [-0.39, 0.29) is 35.5 Å². The lowest BCUT2D eigenvalue weighted by Crippen LogP contribution is -2.33. The lowest BCUT2D eigenvalue weighted by atomic mass is 9.85. The largest absolute Gasteiger partial charge is 0.423 e. The standard InChI is InChI=1S/C24H21NO4/c1-13-5-3-8-19(14(13)2)29-24(28)17-6-4-7-18(12-17)25-22(26)20-15-9-10-16(11-15)21(20)23(25)27/h3-10,12,15-16,20-21H,11H2,1-2H3/t15-,16-,20-,21+/m1/s1. The minimum Gasteiger partial charge on any atom is -0.423 e.